The molecule has 1 aromatic rings. The number of nitrogens with one attached hydrogen (secondary N) is 2. The van der Waals surface area contributed by atoms with Crippen molar-refractivity contribution in [2.24, 2.45) is 17.8 Å². The standard InChI is InChI=1S/C29H42BrN3O5S/c1-5-7-8-13-31-27(36)25-29-15-21(30)24(39-29)22(23(29)28(37)33(25)19(16-34)14-17(3)4)26(35)32-18-9-11-20(12-10-18)38-6-2/h9-12,17,19,21-25,34H,5-8,13-16H2,1-4H3,(H,31,36)(H,32,35)/t19-,21?,22-,23+,24-,25?,29?/m1/s1. The number of benzene rings is 1. The molecule has 216 valence electrons. The van der Waals surface area contributed by atoms with E-state index in [1.165, 1.54) is 0 Å². The van der Waals surface area contributed by atoms with Crippen LogP contribution in [0.3, 0.4) is 0 Å². The van der Waals surface area contributed by atoms with Crippen LogP contribution in [0.1, 0.15) is 59.8 Å². The lowest BCUT2D eigenvalue weighted by molar-refractivity contribution is -0.142. The summed E-state index contributed by atoms with van der Waals surface area (Å²) in [5.74, 6) is -0.848. The number of amides is 3. The molecule has 1 spiro atoms. The Kier molecular flexibility index (Phi) is 9.92. The van der Waals surface area contributed by atoms with E-state index in [-0.39, 0.29) is 40.3 Å². The number of hydrogen-bond acceptors (Lipinski definition) is 6. The average Bonchev–Trinajstić information content (AvgIpc) is 3.49. The van der Waals surface area contributed by atoms with Crippen molar-refractivity contribution < 1.29 is 24.2 Å². The number of unbranched alkanes of at least 4 members (excludes halogenated alkanes) is 2. The Morgan fingerprint density at radius 3 is 2.54 bits per heavy atom. The highest BCUT2D eigenvalue weighted by molar-refractivity contribution is 9.09. The number of carbonyl (C=O) groups is 3. The zero-order chi connectivity index (χ0) is 28.3. The van der Waals surface area contributed by atoms with Gasteiger partial charge in [0.05, 0.1) is 35.8 Å². The molecule has 0 aromatic heterocycles. The molecule has 3 aliphatic heterocycles. The maximum atomic E-state index is 14.2. The lowest BCUT2D eigenvalue weighted by Gasteiger charge is -2.37. The van der Waals surface area contributed by atoms with Gasteiger partial charge in [-0.25, -0.2) is 0 Å². The molecule has 3 N–H and O–H groups in total. The van der Waals surface area contributed by atoms with E-state index < -0.39 is 28.7 Å². The molecule has 3 amide bonds. The van der Waals surface area contributed by atoms with Gasteiger partial charge >= 0.3 is 0 Å². The molecule has 3 unspecified atom stereocenters. The van der Waals surface area contributed by atoms with Crippen LogP contribution in [0.2, 0.25) is 0 Å². The van der Waals surface area contributed by atoms with Crippen LogP contribution in [0, 0.1) is 17.8 Å². The molecule has 3 aliphatic rings. The van der Waals surface area contributed by atoms with E-state index in [9.17, 15) is 19.5 Å². The minimum absolute atomic E-state index is 0.00403. The zero-order valence-corrected chi connectivity index (χ0v) is 25.7. The van der Waals surface area contributed by atoms with Crippen molar-refractivity contribution in [2.45, 2.75) is 86.7 Å². The normalized spacial score (nSPS) is 30.0. The minimum Gasteiger partial charge on any atom is -0.494 e. The van der Waals surface area contributed by atoms with Crippen LogP contribution in [0.25, 0.3) is 0 Å². The molecule has 1 aromatic carbocycles. The highest BCUT2D eigenvalue weighted by atomic mass is 79.9. The zero-order valence-electron chi connectivity index (χ0n) is 23.3. The van der Waals surface area contributed by atoms with Crippen molar-refractivity contribution in [3.63, 3.8) is 0 Å². The second kappa shape index (κ2) is 12.8. The lowest BCUT2D eigenvalue weighted by atomic mass is 9.70. The fourth-order valence-electron chi connectivity index (χ4n) is 6.59. The summed E-state index contributed by atoms with van der Waals surface area (Å²) in [5, 5.41) is 16.4. The topological polar surface area (TPSA) is 108 Å². The largest absolute Gasteiger partial charge is 0.494 e. The average molecular weight is 625 g/mol. The highest BCUT2D eigenvalue weighted by Gasteiger charge is 2.76. The summed E-state index contributed by atoms with van der Waals surface area (Å²) in [5.41, 5.74) is 0.636. The van der Waals surface area contributed by atoms with Gasteiger partial charge in [0, 0.05) is 22.3 Å². The lowest BCUT2D eigenvalue weighted by Crippen LogP contribution is -2.57. The third-order valence-corrected chi connectivity index (χ3v) is 11.4. The van der Waals surface area contributed by atoms with E-state index in [2.05, 4.69) is 33.5 Å². The first-order chi connectivity index (χ1) is 18.7. The molecule has 0 saturated carbocycles. The van der Waals surface area contributed by atoms with Gasteiger partial charge in [0.25, 0.3) is 0 Å². The third-order valence-electron chi connectivity index (χ3n) is 8.14. The SMILES string of the molecule is CCCCCNC(=O)C1N([C@@H](CO)CC(C)C)C(=O)[C@@H]2[C@@H](C(=O)Nc3ccc(OCC)cc3)[C@@H]3SC12CC3Br. The van der Waals surface area contributed by atoms with E-state index in [0.29, 0.717) is 31.7 Å². The van der Waals surface area contributed by atoms with Gasteiger partial charge in [-0.1, -0.05) is 49.5 Å². The van der Waals surface area contributed by atoms with Gasteiger partial charge in [-0.05, 0) is 56.4 Å². The smallest absolute Gasteiger partial charge is 0.244 e. The molecule has 3 fully saturated rings. The fourth-order valence-corrected chi connectivity index (χ4v) is 10.2. The number of thioether (sulfide) groups is 1. The van der Waals surface area contributed by atoms with Gasteiger partial charge in [-0.2, -0.15) is 0 Å². The van der Waals surface area contributed by atoms with E-state index in [0.717, 1.165) is 25.0 Å². The molecular formula is C29H42BrN3O5S. The van der Waals surface area contributed by atoms with Crippen LogP contribution < -0.4 is 15.4 Å². The summed E-state index contributed by atoms with van der Waals surface area (Å²) in [4.78, 5) is 43.5. The Morgan fingerprint density at radius 2 is 1.92 bits per heavy atom. The van der Waals surface area contributed by atoms with Crippen LogP contribution in [-0.2, 0) is 14.4 Å². The molecule has 0 aliphatic carbocycles. The predicted octanol–water partition coefficient (Wildman–Crippen LogP) is 4.20. The molecule has 4 rings (SSSR count). The van der Waals surface area contributed by atoms with Gasteiger partial charge in [0.15, 0.2) is 0 Å². The quantitative estimate of drug-likeness (QED) is 0.224. The Hall–Kier alpha value is -1.78. The number of nitrogens with zero attached hydrogens (tertiary/aromatic N) is 1. The molecule has 7 atom stereocenters. The van der Waals surface area contributed by atoms with E-state index in [1.807, 2.05) is 32.9 Å². The summed E-state index contributed by atoms with van der Waals surface area (Å²) >= 11 is 5.42. The fraction of sp³-hybridized carbons (Fsp3) is 0.690. The van der Waals surface area contributed by atoms with Crippen LogP contribution >= 0.6 is 27.7 Å². The van der Waals surface area contributed by atoms with Gasteiger partial charge < -0.3 is 25.4 Å². The first-order valence-electron chi connectivity index (χ1n) is 14.2. The predicted molar refractivity (Wildman–Crippen MR) is 158 cm³/mol. The molecule has 3 heterocycles. The Labute approximate surface area is 244 Å². The Bertz CT molecular complexity index is 1040. The minimum atomic E-state index is -0.731. The van der Waals surface area contributed by atoms with Crippen molar-refractivity contribution in [3.05, 3.63) is 24.3 Å². The molecule has 10 heteroatoms. The number of halogens is 1. The highest BCUT2D eigenvalue weighted by Crippen LogP contribution is 2.68. The van der Waals surface area contributed by atoms with Crippen molar-refractivity contribution in [1.82, 2.24) is 10.2 Å². The van der Waals surface area contributed by atoms with E-state index in [1.54, 1.807) is 28.8 Å². The monoisotopic (exact) mass is 623 g/mol. The molecule has 39 heavy (non-hydrogen) atoms. The number of ether oxygens (including phenoxy) is 1. The number of fused-ring (bicyclic) bond motifs is 1. The first kappa shape index (κ1) is 30.2. The van der Waals surface area contributed by atoms with Crippen LogP contribution in [-0.4, -0.2) is 74.4 Å². The number of alkyl halides is 1. The van der Waals surface area contributed by atoms with E-state index >= 15 is 0 Å². The van der Waals surface area contributed by atoms with Crippen molar-refractivity contribution in [1.29, 1.82) is 0 Å². The summed E-state index contributed by atoms with van der Waals surface area (Å²) in [6.07, 6.45) is 4.14. The van der Waals surface area contributed by atoms with Gasteiger partial charge in [0.1, 0.15) is 11.8 Å². The van der Waals surface area contributed by atoms with Crippen LogP contribution in [0.4, 0.5) is 5.69 Å². The third kappa shape index (κ3) is 5.84. The summed E-state index contributed by atoms with van der Waals surface area (Å²) < 4.78 is 4.78. The van der Waals surface area contributed by atoms with Crippen LogP contribution in [0.15, 0.2) is 24.3 Å². The number of aliphatic hydroxyl groups excluding tert-OH is 1. The number of aliphatic hydroxyl groups is 1. The second-order valence-corrected chi connectivity index (χ2v) is 14.0. The first-order valence-corrected chi connectivity index (χ1v) is 16.0. The van der Waals surface area contributed by atoms with Crippen molar-refractivity contribution in [2.75, 3.05) is 25.1 Å². The van der Waals surface area contributed by atoms with E-state index in [4.69, 9.17) is 4.74 Å². The molecular weight excluding hydrogens is 582 g/mol. The molecule has 3 saturated heterocycles. The van der Waals surface area contributed by atoms with Crippen molar-refractivity contribution >= 4 is 51.1 Å². The van der Waals surface area contributed by atoms with Gasteiger partial charge in [-0.15, -0.1) is 11.8 Å². The maximum absolute atomic E-state index is 14.2. The number of hydrogen-bond donors (Lipinski definition) is 3. The summed E-state index contributed by atoms with van der Waals surface area (Å²) in [6.45, 7) is 9.00. The Balaban J connectivity index is 1.65. The number of rotatable bonds is 13. The number of carbonyl (C=O) groups excluding carboxylic acids is 3. The summed E-state index contributed by atoms with van der Waals surface area (Å²) in [6, 6.07) is 6.00. The number of anilines is 1. The Morgan fingerprint density at radius 1 is 1.21 bits per heavy atom. The molecule has 8 nitrogen and oxygen atoms in total. The van der Waals surface area contributed by atoms with Crippen LogP contribution in [0.5, 0.6) is 5.75 Å². The van der Waals surface area contributed by atoms with Gasteiger partial charge in [-0.3, -0.25) is 14.4 Å². The maximum Gasteiger partial charge on any atom is 0.244 e. The van der Waals surface area contributed by atoms with Crippen molar-refractivity contribution in [3.8, 4) is 5.75 Å². The summed E-state index contributed by atoms with van der Waals surface area (Å²) in [7, 11) is 0. The molecule has 0 radical (unpaired) electrons. The second-order valence-electron chi connectivity index (χ2n) is 11.3. The number of likely N-dealkylation sites (tertiary alicyclic amines) is 1. The van der Waals surface area contributed by atoms with Gasteiger partial charge in [0.2, 0.25) is 17.7 Å². The molecule has 2 bridgehead atoms.